The molecule has 2 rings (SSSR count). The van der Waals surface area contributed by atoms with Gasteiger partial charge in [0.1, 0.15) is 11.6 Å². The SMILES string of the molecule is COc1ccc(Br)c(C(N)Cc2nccn2C)c1. The van der Waals surface area contributed by atoms with E-state index in [2.05, 4.69) is 20.9 Å². The third-order valence-corrected chi connectivity index (χ3v) is 3.65. The number of hydrogen-bond donors (Lipinski definition) is 1. The maximum Gasteiger partial charge on any atom is 0.119 e. The first-order valence-corrected chi connectivity index (χ1v) is 6.46. The van der Waals surface area contributed by atoms with Crippen LogP contribution in [0.5, 0.6) is 5.75 Å². The van der Waals surface area contributed by atoms with Gasteiger partial charge in [0.25, 0.3) is 0 Å². The second-order valence-corrected chi connectivity index (χ2v) is 5.01. The van der Waals surface area contributed by atoms with Crippen LogP contribution in [-0.2, 0) is 13.5 Å². The van der Waals surface area contributed by atoms with E-state index < -0.39 is 0 Å². The number of aryl methyl sites for hydroxylation is 1. The lowest BCUT2D eigenvalue weighted by Crippen LogP contribution is -2.16. The van der Waals surface area contributed by atoms with Crippen LogP contribution in [0.25, 0.3) is 0 Å². The minimum atomic E-state index is -0.115. The summed E-state index contributed by atoms with van der Waals surface area (Å²) in [7, 11) is 3.62. The molecule has 0 radical (unpaired) electrons. The monoisotopic (exact) mass is 309 g/mol. The van der Waals surface area contributed by atoms with Crippen LogP contribution >= 0.6 is 15.9 Å². The van der Waals surface area contributed by atoms with Crippen molar-refractivity contribution in [2.45, 2.75) is 12.5 Å². The Morgan fingerprint density at radius 3 is 2.89 bits per heavy atom. The summed E-state index contributed by atoms with van der Waals surface area (Å²) in [5.41, 5.74) is 7.27. The zero-order valence-corrected chi connectivity index (χ0v) is 12.0. The molecule has 0 fully saturated rings. The summed E-state index contributed by atoms with van der Waals surface area (Å²) in [5.74, 6) is 1.78. The molecule has 1 unspecified atom stereocenters. The number of rotatable bonds is 4. The van der Waals surface area contributed by atoms with Gasteiger partial charge in [0.05, 0.1) is 7.11 Å². The van der Waals surface area contributed by atoms with Crippen molar-refractivity contribution in [1.82, 2.24) is 9.55 Å². The van der Waals surface area contributed by atoms with E-state index >= 15 is 0 Å². The van der Waals surface area contributed by atoms with E-state index in [0.29, 0.717) is 6.42 Å². The first-order chi connectivity index (χ1) is 8.61. The molecular weight excluding hydrogens is 294 g/mol. The largest absolute Gasteiger partial charge is 0.497 e. The van der Waals surface area contributed by atoms with Crippen LogP contribution in [0.1, 0.15) is 17.4 Å². The van der Waals surface area contributed by atoms with Gasteiger partial charge < -0.3 is 15.0 Å². The highest BCUT2D eigenvalue weighted by molar-refractivity contribution is 9.10. The number of benzene rings is 1. The lowest BCUT2D eigenvalue weighted by Gasteiger charge is -2.15. The molecule has 18 heavy (non-hydrogen) atoms. The third-order valence-electron chi connectivity index (χ3n) is 2.93. The fourth-order valence-electron chi connectivity index (χ4n) is 1.83. The Kier molecular flexibility index (Phi) is 4.04. The van der Waals surface area contributed by atoms with E-state index in [1.807, 2.05) is 36.0 Å². The average Bonchev–Trinajstić information content (AvgIpc) is 2.75. The quantitative estimate of drug-likeness (QED) is 0.943. The first kappa shape index (κ1) is 13.1. The van der Waals surface area contributed by atoms with Crippen LogP contribution in [0.3, 0.4) is 0 Å². The highest BCUT2D eigenvalue weighted by Crippen LogP contribution is 2.28. The zero-order valence-electron chi connectivity index (χ0n) is 10.4. The van der Waals surface area contributed by atoms with Crippen molar-refractivity contribution < 1.29 is 4.74 Å². The number of imidazole rings is 1. The van der Waals surface area contributed by atoms with Crippen LogP contribution in [0.4, 0.5) is 0 Å². The summed E-state index contributed by atoms with van der Waals surface area (Å²) < 4.78 is 8.19. The fourth-order valence-corrected chi connectivity index (χ4v) is 2.37. The van der Waals surface area contributed by atoms with Crippen LogP contribution < -0.4 is 10.5 Å². The molecule has 0 amide bonds. The lowest BCUT2D eigenvalue weighted by molar-refractivity contribution is 0.413. The van der Waals surface area contributed by atoms with Gasteiger partial charge in [0, 0.05) is 36.4 Å². The molecule has 4 nitrogen and oxygen atoms in total. The topological polar surface area (TPSA) is 53.1 Å². The molecule has 0 spiro atoms. The average molecular weight is 310 g/mol. The number of nitrogens with zero attached hydrogens (tertiary/aromatic N) is 2. The number of halogens is 1. The summed E-state index contributed by atoms with van der Waals surface area (Å²) >= 11 is 3.52. The molecular formula is C13H16BrN3O. The molecule has 0 aliphatic rings. The van der Waals surface area contributed by atoms with Gasteiger partial charge in [-0.25, -0.2) is 4.98 Å². The molecule has 1 aromatic carbocycles. The molecule has 1 heterocycles. The van der Waals surface area contributed by atoms with Crippen molar-refractivity contribution in [3.63, 3.8) is 0 Å². The molecule has 0 bridgehead atoms. The number of aromatic nitrogens is 2. The van der Waals surface area contributed by atoms with Crippen LogP contribution in [0, 0.1) is 0 Å². The van der Waals surface area contributed by atoms with Gasteiger partial charge in [-0.3, -0.25) is 0 Å². The molecule has 0 saturated heterocycles. The molecule has 2 N–H and O–H groups in total. The van der Waals surface area contributed by atoms with Crippen LogP contribution in [0.15, 0.2) is 35.1 Å². The lowest BCUT2D eigenvalue weighted by atomic mass is 10.0. The predicted octanol–water partition coefficient (Wildman–Crippen LogP) is 2.43. The van der Waals surface area contributed by atoms with Gasteiger partial charge in [-0.1, -0.05) is 15.9 Å². The van der Waals surface area contributed by atoms with Crippen molar-refractivity contribution in [3.05, 3.63) is 46.5 Å². The molecule has 1 atom stereocenters. The molecule has 2 aromatic rings. The molecule has 0 saturated carbocycles. The Hall–Kier alpha value is -1.33. The maximum absolute atomic E-state index is 6.24. The van der Waals surface area contributed by atoms with E-state index in [-0.39, 0.29) is 6.04 Å². The molecule has 96 valence electrons. The highest BCUT2D eigenvalue weighted by Gasteiger charge is 2.14. The Bertz CT molecular complexity index is 539. The predicted molar refractivity (Wildman–Crippen MR) is 74.5 cm³/mol. The minimum absolute atomic E-state index is 0.115. The van der Waals surface area contributed by atoms with E-state index in [0.717, 1.165) is 21.6 Å². The third kappa shape index (κ3) is 2.73. The molecule has 1 aromatic heterocycles. The smallest absolute Gasteiger partial charge is 0.119 e. The molecule has 5 heteroatoms. The molecule has 0 aliphatic heterocycles. The Morgan fingerprint density at radius 1 is 1.50 bits per heavy atom. The summed E-state index contributed by atoms with van der Waals surface area (Å²) in [4.78, 5) is 4.29. The van der Waals surface area contributed by atoms with Crippen molar-refractivity contribution in [1.29, 1.82) is 0 Å². The van der Waals surface area contributed by atoms with Crippen LogP contribution in [-0.4, -0.2) is 16.7 Å². The van der Waals surface area contributed by atoms with Crippen molar-refractivity contribution in [2.75, 3.05) is 7.11 Å². The summed E-state index contributed by atoms with van der Waals surface area (Å²) in [6, 6.07) is 5.70. The normalized spacial score (nSPS) is 12.4. The van der Waals surface area contributed by atoms with Gasteiger partial charge >= 0.3 is 0 Å². The van der Waals surface area contributed by atoms with E-state index in [1.54, 1.807) is 13.3 Å². The van der Waals surface area contributed by atoms with E-state index in [1.165, 1.54) is 0 Å². The highest BCUT2D eigenvalue weighted by atomic mass is 79.9. The van der Waals surface area contributed by atoms with Gasteiger partial charge in [0.2, 0.25) is 0 Å². The Balaban J connectivity index is 2.23. The van der Waals surface area contributed by atoms with Gasteiger partial charge in [0.15, 0.2) is 0 Å². The van der Waals surface area contributed by atoms with Crippen LogP contribution in [0.2, 0.25) is 0 Å². The minimum Gasteiger partial charge on any atom is -0.497 e. The standard InChI is InChI=1S/C13H16BrN3O/c1-17-6-5-16-13(17)8-12(15)10-7-9(18-2)3-4-11(10)14/h3-7,12H,8,15H2,1-2H3. The number of nitrogens with two attached hydrogens (primary N) is 1. The van der Waals surface area contributed by atoms with Crippen molar-refractivity contribution >= 4 is 15.9 Å². The van der Waals surface area contributed by atoms with Gasteiger partial charge in [-0.2, -0.15) is 0 Å². The van der Waals surface area contributed by atoms with Gasteiger partial charge in [-0.05, 0) is 23.8 Å². The zero-order chi connectivity index (χ0) is 13.1. The summed E-state index contributed by atoms with van der Waals surface area (Å²) in [5, 5.41) is 0. The number of methoxy groups -OCH3 is 1. The Morgan fingerprint density at radius 2 is 2.28 bits per heavy atom. The maximum atomic E-state index is 6.24. The second kappa shape index (κ2) is 5.54. The molecule has 0 aliphatic carbocycles. The van der Waals surface area contributed by atoms with Crippen molar-refractivity contribution in [3.8, 4) is 5.75 Å². The number of ether oxygens (including phenoxy) is 1. The Labute approximate surface area is 115 Å². The number of hydrogen-bond acceptors (Lipinski definition) is 3. The van der Waals surface area contributed by atoms with Crippen molar-refractivity contribution in [2.24, 2.45) is 12.8 Å². The second-order valence-electron chi connectivity index (χ2n) is 4.15. The summed E-state index contributed by atoms with van der Waals surface area (Å²) in [6.07, 6.45) is 4.39. The van der Waals surface area contributed by atoms with E-state index in [9.17, 15) is 0 Å². The van der Waals surface area contributed by atoms with E-state index in [4.69, 9.17) is 10.5 Å². The first-order valence-electron chi connectivity index (χ1n) is 5.67. The van der Waals surface area contributed by atoms with Gasteiger partial charge in [-0.15, -0.1) is 0 Å². The summed E-state index contributed by atoms with van der Waals surface area (Å²) in [6.45, 7) is 0. The fraction of sp³-hybridized carbons (Fsp3) is 0.308.